The summed E-state index contributed by atoms with van der Waals surface area (Å²) in [5.74, 6) is 1.82. The Labute approximate surface area is 140 Å². The SMILES string of the molecule is COCc1ccc(CN(Cc2cccnc2)Cc2cccs2)o1. The summed E-state index contributed by atoms with van der Waals surface area (Å²) in [5.41, 5.74) is 1.20. The van der Waals surface area contributed by atoms with Crippen LogP contribution in [0.25, 0.3) is 0 Å². The van der Waals surface area contributed by atoms with E-state index in [1.54, 1.807) is 24.6 Å². The van der Waals surface area contributed by atoms with Crippen molar-refractivity contribution in [3.8, 4) is 0 Å². The topological polar surface area (TPSA) is 38.5 Å². The van der Waals surface area contributed by atoms with E-state index >= 15 is 0 Å². The number of hydrogen-bond acceptors (Lipinski definition) is 5. The highest BCUT2D eigenvalue weighted by molar-refractivity contribution is 7.09. The highest BCUT2D eigenvalue weighted by atomic mass is 32.1. The molecule has 5 heteroatoms. The van der Waals surface area contributed by atoms with Gasteiger partial charge >= 0.3 is 0 Å². The molecule has 0 aliphatic heterocycles. The van der Waals surface area contributed by atoms with Gasteiger partial charge in [0.25, 0.3) is 0 Å². The van der Waals surface area contributed by atoms with Crippen LogP contribution in [0, 0.1) is 0 Å². The van der Waals surface area contributed by atoms with Crippen molar-refractivity contribution in [2.45, 2.75) is 26.2 Å². The average molecular weight is 328 g/mol. The Hall–Kier alpha value is -1.95. The molecular formula is C18H20N2O2S. The third-order valence-corrected chi connectivity index (χ3v) is 4.33. The first-order valence-corrected chi connectivity index (χ1v) is 8.41. The van der Waals surface area contributed by atoms with Crippen LogP contribution in [0.15, 0.2) is 58.6 Å². The van der Waals surface area contributed by atoms with Crippen molar-refractivity contribution in [2.24, 2.45) is 0 Å². The maximum atomic E-state index is 5.83. The second-order valence-electron chi connectivity index (χ2n) is 5.39. The fraction of sp³-hybridized carbons (Fsp3) is 0.278. The maximum Gasteiger partial charge on any atom is 0.129 e. The van der Waals surface area contributed by atoms with E-state index in [4.69, 9.17) is 9.15 Å². The fourth-order valence-electron chi connectivity index (χ4n) is 2.49. The number of methoxy groups -OCH3 is 1. The van der Waals surface area contributed by atoms with E-state index in [9.17, 15) is 0 Å². The Morgan fingerprint density at radius 2 is 2.00 bits per heavy atom. The number of thiophene rings is 1. The third kappa shape index (κ3) is 4.76. The largest absolute Gasteiger partial charge is 0.462 e. The van der Waals surface area contributed by atoms with Gasteiger partial charge in [-0.3, -0.25) is 9.88 Å². The van der Waals surface area contributed by atoms with Gasteiger partial charge in [0, 0.05) is 37.5 Å². The van der Waals surface area contributed by atoms with E-state index in [0.29, 0.717) is 6.61 Å². The van der Waals surface area contributed by atoms with E-state index in [1.165, 1.54) is 10.4 Å². The quantitative estimate of drug-likeness (QED) is 0.624. The standard InChI is InChI=1S/C18H20N2O2S/c1-21-14-17-7-6-16(22-17)12-20(13-18-5-3-9-23-18)11-15-4-2-8-19-10-15/h2-10H,11-14H2,1H3. The molecule has 0 atom stereocenters. The Morgan fingerprint density at radius 1 is 1.09 bits per heavy atom. The fourth-order valence-corrected chi connectivity index (χ4v) is 3.23. The van der Waals surface area contributed by atoms with E-state index < -0.39 is 0 Å². The lowest BCUT2D eigenvalue weighted by Gasteiger charge is -2.20. The lowest BCUT2D eigenvalue weighted by atomic mass is 10.2. The minimum Gasteiger partial charge on any atom is -0.462 e. The van der Waals surface area contributed by atoms with Crippen molar-refractivity contribution in [2.75, 3.05) is 7.11 Å². The predicted octanol–water partition coefficient (Wildman–Crippen LogP) is 4.08. The summed E-state index contributed by atoms with van der Waals surface area (Å²) in [6, 6.07) is 12.3. The van der Waals surface area contributed by atoms with E-state index in [0.717, 1.165) is 31.2 Å². The molecular weight excluding hydrogens is 308 g/mol. The van der Waals surface area contributed by atoms with E-state index in [-0.39, 0.29) is 0 Å². The number of pyridine rings is 1. The van der Waals surface area contributed by atoms with E-state index in [2.05, 4.69) is 33.5 Å². The molecule has 120 valence electrons. The van der Waals surface area contributed by atoms with Gasteiger partial charge in [-0.2, -0.15) is 0 Å². The van der Waals surface area contributed by atoms with Crippen LogP contribution in [-0.4, -0.2) is 17.0 Å². The first-order chi connectivity index (χ1) is 11.3. The van der Waals surface area contributed by atoms with Crippen LogP contribution in [0.4, 0.5) is 0 Å². The molecule has 0 saturated heterocycles. The van der Waals surface area contributed by atoms with Crippen LogP contribution in [0.1, 0.15) is 22.0 Å². The highest BCUT2D eigenvalue weighted by Crippen LogP contribution is 2.18. The third-order valence-electron chi connectivity index (χ3n) is 3.47. The van der Waals surface area contributed by atoms with Crippen molar-refractivity contribution in [3.63, 3.8) is 0 Å². The Balaban J connectivity index is 1.71. The molecule has 3 aromatic rings. The van der Waals surface area contributed by atoms with Crippen LogP contribution < -0.4 is 0 Å². The van der Waals surface area contributed by atoms with Crippen molar-refractivity contribution in [3.05, 3.63) is 76.1 Å². The molecule has 0 spiro atoms. The normalized spacial score (nSPS) is 11.2. The lowest BCUT2D eigenvalue weighted by Crippen LogP contribution is -2.21. The average Bonchev–Trinajstić information content (AvgIpc) is 3.21. The number of ether oxygens (including phenoxy) is 1. The molecule has 3 heterocycles. The Kier molecular flexibility index (Phi) is 5.58. The van der Waals surface area contributed by atoms with Gasteiger partial charge in [0.05, 0.1) is 6.54 Å². The minimum absolute atomic E-state index is 0.507. The number of hydrogen-bond donors (Lipinski definition) is 0. The minimum atomic E-state index is 0.507. The predicted molar refractivity (Wildman–Crippen MR) is 90.9 cm³/mol. The molecule has 0 aromatic carbocycles. The van der Waals surface area contributed by atoms with Crippen molar-refractivity contribution in [1.82, 2.24) is 9.88 Å². The highest BCUT2D eigenvalue weighted by Gasteiger charge is 2.12. The summed E-state index contributed by atoms with van der Waals surface area (Å²) in [6.45, 7) is 3.00. The first-order valence-electron chi connectivity index (χ1n) is 7.53. The molecule has 0 amide bonds. The first kappa shape index (κ1) is 15.9. The molecule has 3 rings (SSSR count). The maximum absolute atomic E-state index is 5.83. The molecule has 0 saturated carbocycles. The van der Waals surface area contributed by atoms with Crippen LogP contribution in [0.2, 0.25) is 0 Å². The summed E-state index contributed by atoms with van der Waals surface area (Å²) in [7, 11) is 1.67. The Bertz CT molecular complexity index is 695. The molecule has 0 unspecified atom stereocenters. The molecule has 0 fully saturated rings. The van der Waals surface area contributed by atoms with Gasteiger partial charge < -0.3 is 9.15 Å². The van der Waals surface area contributed by atoms with Gasteiger partial charge in [-0.1, -0.05) is 12.1 Å². The summed E-state index contributed by atoms with van der Waals surface area (Å²) in [4.78, 5) is 7.91. The van der Waals surface area contributed by atoms with Gasteiger partial charge in [-0.25, -0.2) is 0 Å². The summed E-state index contributed by atoms with van der Waals surface area (Å²) < 4.78 is 10.9. The van der Waals surface area contributed by atoms with E-state index in [1.807, 2.05) is 24.4 Å². The molecule has 0 radical (unpaired) electrons. The lowest BCUT2D eigenvalue weighted by molar-refractivity contribution is 0.158. The number of furan rings is 1. The van der Waals surface area contributed by atoms with Crippen molar-refractivity contribution in [1.29, 1.82) is 0 Å². The monoisotopic (exact) mass is 328 g/mol. The smallest absolute Gasteiger partial charge is 0.129 e. The number of aromatic nitrogens is 1. The summed E-state index contributed by atoms with van der Waals surface area (Å²) >= 11 is 1.78. The molecule has 0 aliphatic carbocycles. The number of nitrogens with zero attached hydrogens (tertiary/aromatic N) is 2. The molecule has 23 heavy (non-hydrogen) atoms. The molecule has 4 nitrogen and oxygen atoms in total. The molecule has 0 aliphatic rings. The zero-order chi connectivity index (χ0) is 15.9. The van der Waals surface area contributed by atoms with Gasteiger partial charge in [-0.05, 0) is 35.2 Å². The van der Waals surface area contributed by atoms with Gasteiger partial charge in [0.2, 0.25) is 0 Å². The van der Waals surface area contributed by atoms with Gasteiger partial charge in [0.15, 0.2) is 0 Å². The van der Waals surface area contributed by atoms with Crippen molar-refractivity contribution >= 4 is 11.3 Å². The number of rotatable bonds is 8. The molecule has 3 aromatic heterocycles. The van der Waals surface area contributed by atoms with Crippen molar-refractivity contribution < 1.29 is 9.15 Å². The van der Waals surface area contributed by atoms with Crippen LogP contribution in [-0.2, 0) is 31.0 Å². The second-order valence-corrected chi connectivity index (χ2v) is 6.42. The summed E-state index contributed by atoms with van der Waals surface area (Å²) in [6.07, 6.45) is 3.72. The zero-order valence-corrected chi connectivity index (χ0v) is 14.0. The Morgan fingerprint density at radius 3 is 2.74 bits per heavy atom. The van der Waals surface area contributed by atoms with Gasteiger partial charge in [0.1, 0.15) is 18.1 Å². The van der Waals surface area contributed by atoms with Crippen LogP contribution >= 0.6 is 11.3 Å². The molecule has 0 N–H and O–H groups in total. The zero-order valence-electron chi connectivity index (χ0n) is 13.1. The van der Waals surface area contributed by atoms with Crippen LogP contribution in [0.5, 0.6) is 0 Å². The summed E-state index contributed by atoms with van der Waals surface area (Å²) in [5, 5.41) is 2.11. The molecule has 0 bridgehead atoms. The van der Waals surface area contributed by atoms with Crippen LogP contribution in [0.3, 0.4) is 0 Å². The van der Waals surface area contributed by atoms with Gasteiger partial charge in [-0.15, -0.1) is 11.3 Å². The second kappa shape index (κ2) is 8.06.